The van der Waals surface area contributed by atoms with Crippen LogP contribution in [0.2, 0.25) is 0 Å². The summed E-state index contributed by atoms with van der Waals surface area (Å²) in [5.41, 5.74) is 3.36. The standard InChI is InChI=1S/C21H19N3O4S2/c1-3-28-20(25)19-13-29-21-22-18(12-24(19)21)15-6-8-16(9-7-15)23-30(26,27)17-10-4-14(2)5-11-17/h4-13,23H,3H2,1-2H3. The molecule has 0 spiro atoms. The van der Waals surface area contributed by atoms with Crippen molar-refractivity contribution in [2.45, 2.75) is 18.7 Å². The smallest absolute Gasteiger partial charge is 0.356 e. The van der Waals surface area contributed by atoms with E-state index in [2.05, 4.69) is 9.71 Å². The summed E-state index contributed by atoms with van der Waals surface area (Å²) in [5, 5.41) is 1.72. The fourth-order valence-electron chi connectivity index (χ4n) is 2.92. The van der Waals surface area contributed by atoms with E-state index in [9.17, 15) is 13.2 Å². The average molecular weight is 442 g/mol. The number of imidazole rings is 1. The first-order valence-electron chi connectivity index (χ1n) is 9.21. The van der Waals surface area contributed by atoms with Crippen LogP contribution in [0.4, 0.5) is 5.69 Å². The van der Waals surface area contributed by atoms with Crippen molar-refractivity contribution in [3.8, 4) is 11.3 Å². The van der Waals surface area contributed by atoms with Crippen LogP contribution >= 0.6 is 11.3 Å². The number of rotatable bonds is 6. The number of benzene rings is 2. The molecule has 0 aliphatic carbocycles. The molecule has 0 radical (unpaired) electrons. The molecule has 0 amide bonds. The third-order valence-electron chi connectivity index (χ3n) is 4.46. The van der Waals surface area contributed by atoms with Crippen molar-refractivity contribution in [1.29, 1.82) is 0 Å². The molecule has 0 aliphatic rings. The molecule has 7 nitrogen and oxygen atoms in total. The first kappa shape index (κ1) is 20.1. The summed E-state index contributed by atoms with van der Waals surface area (Å²) in [7, 11) is -3.66. The van der Waals surface area contributed by atoms with E-state index in [0.29, 0.717) is 28.6 Å². The van der Waals surface area contributed by atoms with Crippen LogP contribution in [0.15, 0.2) is 65.0 Å². The Bertz CT molecular complexity index is 1300. The molecule has 2 aromatic heterocycles. The van der Waals surface area contributed by atoms with Crippen molar-refractivity contribution in [3.63, 3.8) is 0 Å². The maximum atomic E-state index is 12.5. The number of aryl methyl sites for hydroxylation is 1. The zero-order chi connectivity index (χ0) is 21.3. The number of nitrogens with zero attached hydrogens (tertiary/aromatic N) is 2. The van der Waals surface area contributed by atoms with E-state index in [-0.39, 0.29) is 4.90 Å². The van der Waals surface area contributed by atoms with E-state index in [1.807, 2.05) is 6.92 Å². The molecule has 0 fully saturated rings. The molecule has 2 heterocycles. The number of hydrogen-bond acceptors (Lipinski definition) is 6. The predicted molar refractivity (Wildman–Crippen MR) is 116 cm³/mol. The number of thiazole rings is 1. The lowest BCUT2D eigenvalue weighted by atomic mass is 10.1. The molecule has 0 aliphatic heterocycles. The summed E-state index contributed by atoms with van der Waals surface area (Å²) < 4.78 is 34.4. The second-order valence-corrected chi connectivity index (χ2v) is 9.13. The Balaban J connectivity index is 1.56. The molecule has 2 aromatic carbocycles. The van der Waals surface area contributed by atoms with Crippen molar-refractivity contribution in [1.82, 2.24) is 9.38 Å². The number of aromatic nitrogens is 2. The SMILES string of the molecule is CCOC(=O)c1csc2nc(-c3ccc(NS(=O)(=O)c4ccc(C)cc4)cc3)cn12. The number of anilines is 1. The molecular formula is C21H19N3O4S2. The van der Waals surface area contributed by atoms with E-state index in [1.54, 1.807) is 71.4 Å². The first-order chi connectivity index (χ1) is 14.4. The monoisotopic (exact) mass is 441 g/mol. The van der Waals surface area contributed by atoms with E-state index in [1.165, 1.54) is 11.3 Å². The predicted octanol–water partition coefficient (Wildman–Crippen LogP) is 4.35. The van der Waals surface area contributed by atoms with Crippen LogP contribution in [-0.4, -0.2) is 30.4 Å². The van der Waals surface area contributed by atoms with Gasteiger partial charge < -0.3 is 4.74 Å². The third-order valence-corrected chi connectivity index (χ3v) is 6.69. The largest absolute Gasteiger partial charge is 0.461 e. The fourth-order valence-corrected chi connectivity index (χ4v) is 4.82. The molecule has 4 rings (SSSR count). The zero-order valence-electron chi connectivity index (χ0n) is 16.3. The zero-order valence-corrected chi connectivity index (χ0v) is 18.0. The molecule has 154 valence electrons. The molecule has 1 N–H and O–H groups in total. The molecule has 0 atom stereocenters. The lowest BCUT2D eigenvalue weighted by Gasteiger charge is -2.09. The lowest BCUT2D eigenvalue weighted by molar-refractivity contribution is 0.0518. The highest BCUT2D eigenvalue weighted by molar-refractivity contribution is 7.92. The second-order valence-electron chi connectivity index (χ2n) is 6.62. The summed E-state index contributed by atoms with van der Waals surface area (Å²) in [6.45, 7) is 3.96. The minimum atomic E-state index is -3.66. The molecule has 9 heteroatoms. The average Bonchev–Trinajstić information content (AvgIpc) is 3.29. The van der Waals surface area contributed by atoms with Gasteiger partial charge in [0.25, 0.3) is 10.0 Å². The van der Waals surface area contributed by atoms with Crippen molar-refractivity contribution >= 4 is 38.0 Å². The Morgan fingerprint density at radius 1 is 1.13 bits per heavy atom. The molecule has 0 saturated carbocycles. The van der Waals surface area contributed by atoms with Crippen LogP contribution in [0.1, 0.15) is 23.0 Å². The number of nitrogens with one attached hydrogen (secondary N) is 1. The van der Waals surface area contributed by atoms with Gasteiger partial charge in [-0.15, -0.1) is 11.3 Å². The number of carbonyl (C=O) groups excluding carboxylic acids is 1. The highest BCUT2D eigenvalue weighted by Gasteiger charge is 2.17. The summed E-state index contributed by atoms with van der Waals surface area (Å²) in [4.78, 5) is 17.5. The van der Waals surface area contributed by atoms with Crippen LogP contribution in [0.3, 0.4) is 0 Å². The van der Waals surface area contributed by atoms with Crippen molar-refractivity contribution in [3.05, 3.63) is 71.4 Å². The van der Waals surface area contributed by atoms with Gasteiger partial charge in [-0.1, -0.05) is 29.8 Å². The van der Waals surface area contributed by atoms with Crippen LogP contribution in [0, 0.1) is 6.92 Å². The summed E-state index contributed by atoms with van der Waals surface area (Å²) in [5.74, 6) is -0.395. The van der Waals surface area contributed by atoms with E-state index >= 15 is 0 Å². The fraction of sp³-hybridized carbons (Fsp3) is 0.143. The topological polar surface area (TPSA) is 89.8 Å². The van der Waals surface area contributed by atoms with Crippen molar-refractivity contribution in [2.24, 2.45) is 0 Å². The van der Waals surface area contributed by atoms with Gasteiger partial charge in [0, 0.05) is 22.8 Å². The van der Waals surface area contributed by atoms with Crippen molar-refractivity contribution < 1.29 is 17.9 Å². The third kappa shape index (κ3) is 3.94. The van der Waals surface area contributed by atoms with Gasteiger partial charge in [-0.05, 0) is 38.1 Å². The normalized spacial score (nSPS) is 11.5. The highest BCUT2D eigenvalue weighted by Crippen LogP contribution is 2.26. The van der Waals surface area contributed by atoms with Crippen molar-refractivity contribution in [2.75, 3.05) is 11.3 Å². The van der Waals surface area contributed by atoms with Gasteiger partial charge in [0.15, 0.2) is 4.96 Å². The Labute approximate surface area is 178 Å². The lowest BCUT2D eigenvalue weighted by Crippen LogP contribution is -2.12. The van der Waals surface area contributed by atoms with E-state index in [0.717, 1.165) is 11.1 Å². The molecule has 30 heavy (non-hydrogen) atoms. The maximum absolute atomic E-state index is 12.5. The van der Waals surface area contributed by atoms with Gasteiger partial charge in [-0.25, -0.2) is 18.2 Å². The quantitative estimate of drug-likeness (QED) is 0.449. The molecule has 0 unspecified atom stereocenters. The van der Waals surface area contributed by atoms with Gasteiger partial charge >= 0.3 is 5.97 Å². The van der Waals surface area contributed by atoms with Gasteiger partial charge in [0.05, 0.1) is 17.2 Å². The molecule has 0 bridgehead atoms. The Morgan fingerprint density at radius 2 is 1.83 bits per heavy atom. The van der Waals surface area contributed by atoms with Crippen LogP contribution in [-0.2, 0) is 14.8 Å². The first-order valence-corrected chi connectivity index (χ1v) is 11.6. The molecule has 0 saturated heterocycles. The number of sulfonamides is 1. The number of carbonyl (C=O) groups is 1. The number of ether oxygens (including phenoxy) is 1. The minimum Gasteiger partial charge on any atom is -0.461 e. The molecular weight excluding hydrogens is 422 g/mol. The van der Waals surface area contributed by atoms with E-state index < -0.39 is 16.0 Å². The van der Waals surface area contributed by atoms with Crippen LogP contribution in [0.5, 0.6) is 0 Å². The summed E-state index contributed by atoms with van der Waals surface area (Å²) >= 11 is 1.35. The second kappa shape index (κ2) is 7.92. The Hall–Kier alpha value is -3.17. The minimum absolute atomic E-state index is 0.206. The van der Waals surface area contributed by atoms with Gasteiger partial charge in [-0.2, -0.15) is 0 Å². The Kier molecular flexibility index (Phi) is 5.31. The Morgan fingerprint density at radius 3 is 2.50 bits per heavy atom. The van der Waals surface area contributed by atoms with E-state index in [4.69, 9.17) is 4.74 Å². The number of fused-ring (bicyclic) bond motifs is 1. The summed E-state index contributed by atoms with van der Waals surface area (Å²) in [6.07, 6.45) is 1.77. The number of hydrogen-bond donors (Lipinski definition) is 1. The van der Waals surface area contributed by atoms with Crippen LogP contribution in [0.25, 0.3) is 16.2 Å². The van der Waals surface area contributed by atoms with Crippen LogP contribution < -0.4 is 4.72 Å². The highest BCUT2D eigenvalue weighted by atomic mass is 32.2. The van der Waals surface area contributed by atoms with Gasteiger partial charge in [-0.3, -0.25) is 9.12 Å². The molecule has 4 aromatic rings. The maximum Gasteiger partial charge on any atom is 0.356 e. The number of esters is 1. The van der Waals surface area contributed by atoms with Gasteiger partial charge in [0.2, 0.25) is 0 Å². The van der Waals surface area contributed by atoms with Gasteiger partial charge in [0.1, 0.15) is 5.69 Å². The summed E-state index contributed by atoms with van der Waals surface area (Å²) in [6, 6.07) is 13.6.